The molecule has 0 saturated heterocycles. The van der Waals surface area contributed by atoms with Crippen LogP contribution in [0.3, 0.4) is 0 Å². The van der Waals surface area contributed by atoms with E-state index in [1.54, 1.807) is 14.2 Å². The lowest BCUT2D eigenvalue weighted by molar-refractivity contribution is 0.249. The van der Waals surface area contributed by atoms with Gasteiger partial charge in [-0.05, 0) is 37.5 Å². The first-order valence-corrected chi connectivity index (χ1v) is 9.86. The smallest absolute Gasteiger partial charge is 0.334 e. The van der Waals surface area contributed by atoms with Crippen LogP contribution in [0.4, 0.5) is 0 Å². The Labute approximate surface area is 91.4 Å². The fraction of sp³-hybridized carbons (Fsp3) is 1.00. The molecule has 14 heavy (non-hydrogen) atoms. The summed E-state index contributed by atoms with van der Waals surface area (Å²) >= 11 is 0. The molecule has 0 heterocycles. The monoisotopic (exact) mass is 236 g/mol. The molecule has 0 fully saturated rings. The van der Waals surface area contributed by atoms with Gasteiger partial charge in [0.05, 0.1) is 0 Å². The van der Waals surface area contributed by atoms with Crippen LogP contribution in [0.1, 0.15) is 20.3 Å². The zero-order valence-electron chi connectivity index (χ0n) is 10.3. The first-order chi connectivity index (χ1) is 6.61. The van der Waals surface area contributed by atoms with Crippen LogP contribution >= 0.6 is 7.92 Å². The van der Waals surface area contributed by atoms with E-state index in [4.69, 9.17) is 8.85 Å². The van der Waals surface area contributed by atoms with Crippen molar-refractivity contribution in [3.8, 4) is 0 Å². The van der Waals surface area contributed by atoms with E-state index in [1.165, 1.54) is 24.9 Å². The highest BCUT2D eigenvalue weighted by Gasteiger charge is 2.27. The predicted molar refractivity (Wildman–Crippen MR) is 67.9 cm³/mol. The fourth-order valence-corrected chi connectivity index (χ4v) is 4.83. The second-order valence-electron chi connectivity index (χ2n) is 3.67. The summed E-state index contributed by atoms with van der Waals surface area (Å²) in [6.07, 6.45) is 5.39. The van der Waals surface area contributed by atoms with Crippen molar-refractivity contribution in [2.45, 2.75) is 32.9 Å². The van der Waals surface area contributed by atoms with Crippen molar-refractivity contribution in [1.82, 2.24) is 0 Å². The Hall–Kier alpha value is 0.567. The van der Waals surface area contributed by atoms with Gasteiger partial charge in [-0.3, -0.25) is 0 Å². The minimum atomic E-state index is -1.78. The van der Waals surface area contributed by atoms with E-state index in [-0.39, 0.29) is 0 Å². The minimum Gasteiger partial charge on any atom is -0.398 e. The Balaban J connectivity index is 3.70. The van der Waals surface area contributed by atoms with E-state index >= 15 is 0 Å². The third-order valence-corrected chi connectivity index (χ3v) is 8.59. The Bertz CT molecular complexity index is 136. The van der Waals surface area contributed by atoms with Gasteiger partial charge in [-0.25, -0.2) is 0 Å². The summed E-state index contributed by atoms with van der Waals surface area (Å²) in [6.45, 7) is 6.75. The average Bonchev–Trinajstić information content (AvgIpc) is 2.24. The highest BCUT2D eigenvalue weighted by molar-refractivity contribution is 7.57. The van der Waals surface area contributed by atoms with Crippen LogP contribution in [-0.2, 0) is 8.85 Å². The van der Waals surface area contributed by atoms with Crippen molar-refractivity contribution in [3.63, 3.8) is 0 Å². The molecule has 0 bridgehead atoms. The fourth-order valence-electron chi connectivity index (χ4n) is 1.45. The van der Waals surface area contributed by atoms with E-state index in [9.17, 15) is 0 Å². The topological polar surface area (TPSA) is 18.5 Å². The van der Waals surface area contributed by atoms with Gasteiger partial charge in [0, 0.05) is 14.2 Å². The van der Waals surface area contributed by atoms with Crippen LogP contribution in [-0.4, -0.2) is 41.3 Å². The molecule has 0 radical (unpaired) electrons. The van der Waals surface area contributed by atoms with Gasteiger partial charge < -0.3 is 8.85 Å². The Morgan fingerprint density at radius 2 is 1.57 bits per heavy atom. The van der Waals surface area contributed by atoms with Gasteiger partial charge in [0.25, 0.3) is 0 Å². The third kappa shape index (κ3) is 5.45. The van der Waals surface area contributed by atoms with Crippen LogP contribution in [0.5, 0.6) is 0 Å². The maximum absolute atomic E-state index is 5.46. The quantitative estimate of drug-likeness (QED) is 0.476. The van der Waals surface area contributed by atoms with Gasteiger partial charge >= 0.3 is 8.56 Å². The summed E-state index contributed by atoms with van der Waals surface area (Å²) in [7, 11) is 2.06. The lowest BCUT2D eigenvalue weighted by Gasteiger charge is -2.23. The normalized spacial score (nSPS) is 12.4. The van der Waals surface area contributed by atoms with Gasteiger partial charge in [0.2, 0.25) is 0 Å². The molecule has 0 aromatic rings. The highest BCUT2D eigenvalue weighted by atomic mass is 31.1. The summed E-state index contributed by atoms with van der Waals surface area (Å²) in [5.41, 5.74) is 0. The van der Waals surface area contributed by atoms with Crippen LogP contribution in [0.25, 0.3) is 0 Å². The van der Waals surface area contributed by atoms with Crippen molar-refractivity contribution in [1.29, 1.82) is 0 Å². The minimum absolute atomic E-state index is 0.292. The third-order valence-electron chi connectivity index (χ3n) is 2.86. The molecule has 0 aromatic carbocycles. The molecule has 4 heteroatoms. The largest absolute Gasteiger partial charge is 0.398 e. The van der Waals surface area contributed by atoms with Crippen molar-refractivity contribution in [2.24, 2.45) is 0 Å². The van der Waals surface area contributed by atoms with E-state index < -0.39 is 8.56 Å². The SMILES string of the molecule is CCP(CC)CCC[Si](C)(OC)OC. The van der Waals surface area contributed by atoms with Crippen LogP contribution in [0.15, 0.2) is 0 Å². The number of hydrogen-bond acceptors (Lipinski definition) is 2. The summed E-state index contributed by atoms with van der Waals surface area (Å²) in [5, 5.41) is 0. The van der Waals surface area contributed by atoms with Crippen molar-refractivity contribution in [3.05, 3.63) is 0 Å². The molecule has 0 aliphatic rings. The summed E-state index contributed by atoms with van der Waals surface area (Å²) in [4.78, 5) is 0. The molecule has 2 nitrogen and oxygen atoms in total. The molecular weight excluding hydrogens is 211 g/mol. The summed E-state index contributed by atoms with van der Waals surface area (Å²) in [5.74, 6) is 0. The van der Waals surface area contributed by atoms with Crippen LogP contribution < -0.4 is 0 Å². The van der Waals surface area contributed by atoms with Gasteiger partial charge in [0.15, 0.2) is 0 Å². The van der Waals surface area contributed by atoms with Crippen molar-refractivity contribution < 1.29 is 8.85 Å². The first-order valence-electron chi connectivity index (χ1n) is 5.44. The lowest BCUT2D eigenvalue weighted by atomic mass is 10.6. The molecule has 0 unspecified atom stereocenters. The van der Waals surface area contributed by atoms with Crippen molar-refractivity contribution in [2.75, 3.05) is 32.7 Å². The molecular formula is C10H25O2PSi. The molecule has 0 aromatic heterocycles. The summed E-state index contributed by atoms with van der Waals surface area (Å²) < 4.78 is 10.9. The van der Waals surface area contributed by atoms with Crippen molar-refractivity contribution >= 4 is 16.5 Å². The zero-order valence-corrected chi connectivity index (χ0v) is 12.2. The molecule has 0 atom stereocenters. The highest BCUT2D eigenvalue weighted by Crippen LogP contribution is 2.35. The lowest BCUT2D eigenvalue weighted by Crippen LogP contribution is -2.35. The van der Waals surface area contributed by atoms with E-state index in [0.29, 0.717) is 7.92 Å². The van der Waals surface area contributed by atoms with E-state index in [0.717, 1.165) is 6.04 Å². The van der Waals surface area contributed by atoms with Gasteiger partial charge in [-0.2, -0.15) is 0 Å². The van der Waals surface area contributed by atoms with Gasteiger partial charge in [-0.15, -0.1) is 7.92 Å². The van der Waals surface area contributed by atoms with E-state index in [1.807, 2.05) is 0 Å². The molecule has 0 N–H and O–H groups in total. The predicted octanol–water partition coefficient (Wildman–Crippen LogP) is 3.26. The van der Waals surface area contributed by atoms with Gasteiger partial charge in [-0.1, -0.05) is 13.8 Å². The summed E-state index contributed by atoms with van der Waals surface area (Å²) in [6, 6.07) is 1.14. The molecule has 0 amide bonds. The average molecular weight is 236 g/mol. The molecule has 0 aliphatic carbocycles. The Morgan fingerprint density at radius 1 is 1.07 bits per heavy atom. The van der Waals surface area contributed by atoms with Gasteiger partial charge in [0.1, 0.15) is 0 Å². The Morgan fingerprint density at radius 3 is 1.93 bits per heavy atom. The molecule has 0 aliphatic heterocycles. The Kier molecular flexibility index (Phi) is 8.12. The first kappa shape index (κ1) is 14.6. The maximum atomic E-state index is 5.46. The molecule has 0 spiro atoms. The number of rotatable bonds is 8. The standard InChI is InChI=1S/C10H25O2PSi/c1-6-13(7-2)9-8-10-14(5,11-3)12-4/h6-10H2,1-5H3. The van der Waals surface area contributed by atoms with E-state index in [2.05, 4.69) is 20.4 Å². The molecule has 86 valence electrons. The van der Waals surface area contributed by atoms with Crippen LogP contribution in [0, 0.1) is 0 Å². The van der Waals surface area contributed by atoms with Crippen LogP contribution in [0.2, 0.25) is 12.6 Å². The number of hydrogen-bond donors (Lipinski definition) is 0. The molecule has 0 saturated carbocycles. The second-order valence-corrected chi connectivity index (χ2v) is 10.3. The second kappa shape index (κ2) is 7.81. The zero-order chi connectivity index (χ0) is 11.0. The maximum Gasteiger partial charge on any atom is 0.334 e. The molecule has 0 rings (SSSR count).